The minimum atomic E-state index is -1.10. The Hall–Kier alpha value is -1.85. The average Bonchev–Trinajstić information content (AvgIpc) is 2.60. The summed E-state index contributed by atoms with van der Waals surface area (Å²) >= 11 is 0. The lowest BCUT2D eigenvalue weighted by Gasteiger charge is -2.28. The van der Waals surface area contributed by atoms with Gasteiger partial charge in [0.05, 0.1) is 11.1 Å². The summed E-state index contributed by atoms with van der Waals surface area (Å²) in [6.45, 7) is 8.68. The van der Waals surface area contributed by atoms with Gasteiger partial charge in [0.1, 0.15) is 0 Å². The number of anilines is 1. The predicted molar refractivity (Wildman–Crippen MR) is 69.8 cm³/mol. The van der Waals surface area contributed by atoms with Crippen LogP contribution in [-0.2, 0) is 9.59 Å². The summed E-state index contributed by atoms with van der Waals surface area (Å²) in [6.07, 6.45) is -0.112. The van der Waals surface area contributed by atoms with E-state index in [2.05, 4.69) is 10.5 Å². The number of nitrogens with one attached hydrogen (secondary N) is 1. The fraction of sp³-hybridized carbons (Fsp3) is 0.615. The van der Waals surface area contributed by atoms with E-state index >= 15 is 0 Å². The van der Waals surface area contributed by atoms with Gasteiger partial charge in [-0.15, -0.1) is 0 Å². The van der Waals surface area contributed by atoms with E-state index in [9.17, 15) is 14.7 Å². The average molecular weight is 268 g/mol. The molecule has 6 heteroatoms. The zero-order chi connectivity index (χ0) is 14.8. The molecular formula is C13H20N2O4. The van der Waals surface area contributed by atoms with Crippen LogP contribution >= 0.6 is 0 Å². The summed E-state index contributed by atoms with van der Waals surface area (Å²) in [5, 5.41) is 15.6. The van der Waals surface area contributed by atoms with E-state index < -0.39 is 17.3 Å². The Morgan fingerprint density at radius 2 is 2.00 bits per heavy atom. The van der Waals surface area contributed by atoms with Crippen LogP contribution in [0.3, 0.4) is 0 Å². The highest BCUT2D eigenvalue weighted by molar-refractivity contribution is 5.93. The van der Waals surface area contributed by atoms with Gasteiger partial charge >= 0.3 is 5.97 Å². The standard InChI is InChI=1S/C13H20N2O4/c1-7(2)13(5,12(17)18)6-10(16)14-11-8(3)9(4)15-19-11/h7H,6H2,1-5H3,(H,14,16)(H,17,18). The molecule has 0 spiro atoms. The number of carbonyl (C=O) groups excluding carboxylic acids is 1. The van der Waals surface area contributed by atoms with Crippen molar-refractivity contribution in [1.82, 2.24) is 5.16 Å². The lowest BCUT2D eigenvalue weighted by Crippen LogP contribution is -2.37. The lowest BCUT2D eigenvalue weighted by atomic mass is 9.76. The van der Waals surface area contributed by atoms with Crippen LogP contribution in [0.25, 0.3) is 0 Å². The predicted octanol–water partition coefficient (Wildman–Crippen LogP) is 2.37. The van der Waals surface area contributed by atoms with Crippen LogP contribution in [0.4, 0.5) is 5.88 Å². The summed E-state index contributed by atoms with van der Waals surface area (Å²) in [7, 11) is 0. The van der Waals surface area contributed by atoms with Crippen LogP contribution < -0.4 is 5.32 Å². The summed E-state index contributed by atoms with van der Waals surface area (Å²) in [6, 6.07) is 0. The van der Waals surface area contributed by atoms with Crippen LogP contribution in [0.5, 0.6) is 0 Å². The van der Waals surface area contributed by atoms with Gasteiger partial charge in [-0.1, -0.05) is 19.0 Å². The maximum absolute atomic E-state index is 11.9. The third-order valence-corrected chi connectivity index (χ3v) is 3.70. The molecule has 0 radical (unpaired) electrons. The Morgan fingerprint density at radius 3 is 2.37 bits per heavy atom. The highest BCUT2D eigenvalue weighted by Gasteiger charge is 2.39. The van der Waals surface area contributed by atoms with E-state index in [-0.39, 0.29) is 18.2 Å². The van der Waals surface area contributed by atoms with Gasteiger partial charge in [0.25, 0.3) is 0 Å². The fourth-order valence-corrected chi connectivity index (χ4v) is 1.56. The number of aryl methyl sites for hydroxylation is 1. The minimum absolute atomic E-state index is 0.112. The van der Waals surface area contributed by atoms with Crippen molar-refractivity contribution in [2.24, 2.45) is 11.3 Å². The number of amides is 1. The monoisotopic (exact) mass is 268 g/mol. The molecule has 0 saturated heterocycles. The second-order valence-corrected chi connectivity index (χ2v) is 5.32. The largest absolute Gasteiger partial charge is 0.481 e. The molecule has 0 aromatic carbocycles. The van der Waals surface area contributed by atoms with Crippen molar-refractivity contribution in [3.05, 3.63) is 11.3 Å². The number of carbonyl (C=O) groups is 2. The third-order valence-electron chi connectivity index (χ3n) is 3.70. The van der Waals surface area contributed by atoms with Crippen molar-refractivity contribution < 1.29 is 19.2 Å². The lowest BCUT2D eigenvalue weighted by molar-refractivity contribution is -0.153. The topological polar surface area (TPSA) is 92.4 Å². The number of aliphatic carboxylic acids is 1. The second kappa shape index (κ2) is 5.42. The maximum atomic E-state index is 11.9. The van der Waals surface area contributed by atoms with Crippen molar-refractivity contribution in [3.8, 4) is 0 Å². The quantitative estimate of drug-likeness (QED) is 0.855. The molecular weight excluding hydrogens is 248 g/mol. The Labute approximate surface area is 112 Å². The summed E-state index contributed by atoms with van der Waals surface area (Å²) in [5.41, 5.74) is 0.336. The molecule has 0 aliphatic carbocycles. The van der Waals surface area contributed by atoms with Crippen molar-refractivity contribution in [2.45, 2.75) is 41.0 Å². The summed E-state index contributed by atoms with van der Waals surface area (Å²) in [5.74, 6) is -1.26. The number of carboxylic acids is 1. The van der Waals surface area contributed by atoms with Crippen molar-refractivity contribution in [1.29, 1.82) is 0 Å². The Kier molecular flexibility index (Phi) is 4.34. The number of hydrogen-bond acceptors (Lipinski definition) is 4. The molecule has 0 fully saturated rings. The molecule has 2 N–H and O–H groups in total. The van der Waals surface area contributed by atoms with E-state index in [0.717, 1.165) is 5.56 Å². The number of aromatic nitrogens is 1. The van der Waals surface area contributed by atoms with E-state index in [4.69, 9.17) is 4.52 Å². The molecule has 6 nitrogen and oxygen atoms in total. The molecule has 1 amide bonds. The number of carboxylic acid groups (broad SMARTS) is 1. The highest BCUT2D eigenvalue weighted by atomic mass is 16.5. The Morgan fingerprint density at radius 1 is 1.42 bits per heavy atom. The van der Waals surface area contributed by atoms with Gasteiger partial charge in [-0.25, -0.2) is 0 Å². The SMILES string of the molecule is Cc1noc(NC(=O)CC(C)(C(=O)O)C(C)C)c1C. The molecule has 0 aliphatic rings. The smallest absolute Gasteiger partial charge is 0.310 e. The second-order valence-electron chi connectivity index (χ2n) is 5.32. The van der Waals surface area contributed by atoms with Crippen LogP contribution in [0.2, 0.25) is 0 Å². The molecule has 1 aromatic rings. The maximum Gasteiger partial charge on any atom is 0.310 e. The van der Waals surface area contributed by atoms with Gasteiger partial charge < -0.3 is 9.63 Å². The zero-order valence-corrected chi connectivity index (χ0v) is 11.9. The highest BCUT2D eigenvalue weighted by Crippen LogP contribution is 2.32. The molecule has 1 rings (SSSR count). The van der Waals surface area contributed by atoms with Gasteiger partial charge in [-0.05, 0) is 26.7 Å². The molecule has 0 bridgehead atoms. The van der Waals surface area contributed by atoms with E-state index in [0.29, 0.717) is 5.69 Å². The van der Waals surface area contributed by atoms with Gasteiger partial charge in [-0.3, -0.25) is 14.9 Å². The number of rotatable bonds is 5. The van der Waals surface area contributed by atoms with Gasteiger partial charge in [0, 0.05) is 12.0 Å². The minimum Gasteiger partial charge on any atom is -0.481 e. The summed E-state index contributed by atoms with van der Waals surface area (Å²) in [4.78, 5) is 23.2. The molecule has 0 saturated carbocycles. The zero-order valence-electron chi connectivity index (χ0n) is 11.9. The van der Waals surface area contributed by atoms with Crippen LogP contribution in [0.15, 0.2) is 4.52 Å². The van der Waals surface area contributed by atoms with Gasteiger partial charge in [0.2, 0.25) is 11.8 Å². The van der Waals surface area contributed by atoms with Gasteiger partial charge in [-0.2, -0.15) is 0 Å². The van der Waals surface area contributed by atoms with E-state index in [1.54, 1.807) is 34.6 Å². The Bertz CT molecular complexity index is 493. The molecule has 106 valence electrons. The van der Waals surface area contributed by atoms with Crippen LogP contribution in [-0.4, -0.2) is 22.1 Å². The van der Waals surface area contributed by atoms with Crippen molar-refractivity contribution in [3.63, 3.8) is 0 Å². The fourth-order valence-electron chi connectivity index (χ4n) is 1.56. The van der Waals surface area contributed by atoms with E-state index in [1.807, 2.05) is 0 Å². The van der Waals surface area contributed by atoms with Crippen molar-refractivity contribution >= 4 is 17.8 Å². The number of nitrogens with zero attached hydrogens (tertiary/aromatic N) is 1. The van der Waals surface area contributed by atoms with Crippen LogP contribution in [0, 0.1) is 25.2 Å². The molecule has 1 unspecified atom stereocenters. The molecule has 1 atom stereocenters. The molecule has 1 heterocycles. The first kappa shape index (κ1) is 15.2. The Balaban J connectivity index is 2.80. The molecule has 1 aromatic heterocycles. The number of hydrogen-bond donors (Lipinski definition) is 2. The first-order chi connectivity index (χ1) is 8.68. The third kappa shape index (κ3) is 3.13. The normalized spacial score (nSPS) is 14.2. The van der Waals surface area contributed by atoms with Crippen molar-refractivity contribution in [2.75, 3.05) is 5.32 Å². The molecule has 19 heavy (non-hydrogen) atoms. The summed E-state index contributed by atoms with van der Waals surface area (Å²) < 4.78 is 4.97. The van der Waals surface area contributed by atoms with Crippen LogP contribution in [0.1, 0.15) is 38.4 Å². The first-order valence-corrected chi connectivity index (χ1v) is 6.14. The van der Waals surface area contributed by atoms with Gasteiger partial charge in [0.15, 0.2) is 0 Å². The molecule has 0 aliphatic heterocycles. The van der Waals surface area contributed by atoms with E-state index in [1.165, 1.54) is 0 Å². The first-order valence-electron chi connectivity index (χ1n) is 6.14.